The van der Waals surface area contributed by atoms with Crippen molar-refractivity contribution in [2.45, 2.75) is 25.4 Å². The van der Waals surface area contributed by atoms with Gasteiger partial charge in [-0.05, 0) is 18.4 Å². The van der Waals surface area contributed by atoms with Crippen molar-refractivity contribution >= 4 is 11.6 Å². The molecule has 1 atom stereocenters. The number of hydrogen-bond donors (Lipinski definition) is 1. The third kappa shape index (κ3) is 2.65. The predicted octanol–water partition coefficient (Wildman–Crippen LogP) is 1.04. The summed E-state index contributed by atoms with van der Waals surface area (Å²) in [4.78, 5) is 23.7. The van der Waals surface area contributed by atoms with Crippen LogP contribution in [0.15, 0.2) is 24.3 Å². The van der Waals surface area contributed by atoms with Crippen LogP contribution in [0.4, 0.5) is 5.69 Å². The zero-order valence-electron chi connectivity index (χ0n) is 9.91. The van der Waals surface area contributed by atoms with Gasteiger partial charge in [0.15, 0.2) is 0 Å². The molecular weight excluding hydrogens is 234 g/mol. The highest BCUT2D eigenvalue weighted by atomic mass is 16.6. The van der Waals surface area contributed by atoms with Crippen molar-refractivity contribution in [1.29, 1.82) is 0 Å². The maximum absolute atomic E-state index is 11.8. The van der Waals surface area contributed by atoms with E-state index in [1.54, 1.807) is 17.0 Å². The largest absolute Gasteiger partial charge is 0.337 e. The quantitative estimate of drug-likeness (QED) is 0.640. The topological polar surface area (TPSA) is 89.5 Å². The molecule has 1 amide bonds. The van der Waals surface area contributed by atoms with Crippen molar-refractivity contribution in [3.05, 3.63) is 39.9 Å². The Morgan fingerprint density at radius 2 is 2.28 bits per heavy atom. The second kappa shape index (κ2) is 5.14. The van der Waals surface area contributed by atoms with Crippen LogP contribution in [0, 0.1) is 10.1 Å². The predicted molar refractivity (Wildman–Crippen MR) is 65.7 cm³/mol. The number of amides is 1. The molecule has 6 nitrogen and oxygen atoms in total. The lowest BCUT2D eigenvalue weighted by Gasteiger charge is -2.30. The minimum absolute atomic E-state index is 0.0428. The van der Waals surface area contributed by atoms with Crippen LogP contribution in [0.1, 0.15) is 18.4 Å². The molecule has 0 bridgehead atoms. The van der Waals surface area contributed by atoms with E-state index in [0.29, 0.717) is 19.5 Å². The molecule has 1 fully saturated rings. The normalized spacial score (nSPS) is 19.9. The highest BCUT2D eigenvalue weighted by Crippen LogP contribution is 2.17. The fourth-order valence-corrected chi connectivity index (χ4v) is 2.12. The van der Waals surface area contributed by atoms with E-state index in [1.807, 2.05) is 0 Å². The molecule has 1 heterocycles. The number of benzene rings is 1. The number of carbonyl (C=O) groups is 1. The molecule has 1 unspecified atom stereocenters. The Kier molecular flexibility index (Phi) is 3.57. The highest BCUT2D eigenvalue weighted by molar-refractivity contribution is 5.82. The van der Waals surface area contributed by atoms with Gasteiger partial charge in [-0.3, -0.25) is 14.9 Å². The standard InChI is InChI=1S/C12H15N3O3/c13-11-5-2-6-14(12(11)16)8-9-3-1-4-10(7-9)15(17)18/h1,3-4,7,11H,2,5-6,8,13H2. The Balaban J connectivity index is 2.11. The maximum Gasteiger partial charge on any atom is 0.269 e. The lowest BCUT2D eigenvalue weighted by Crippen LogP contribution is -2.47. The second-order valence-electron chi connectivity index (χ2n) is 4.44. The average Bonchev–Trinajstić information content (AvgIpc) is 2.35. The fraction of sp³-hybridized carbons (Fsp3) is 0.417. The molecule has 1 aromatic rings. The summed E-state index contributed by atoms with van der Waals surface area (Å²) >= 11 is 0. The number of rotatable bonds is 3. The van der Waals surface area contributed by atoms with Gasteiger partial charge in [0, 0.05) is 25.2 Å². The summed E-state index contributed by atoms with van der Waals surface area (Å²) in [6, 6.07) is 5.90. The van der Waals surface area contributed by atoms with Gasteiger partial charge < -0.3 is 10.6 Å². The highest BCUT2D eigenvalue weighted by Gasteiger charge is 2.25. The third-order valence-corrected chi connectivity index (χ3v) is 3.07. The van der Waals surface area contributed by atoms with Crippen LogP contribution in [0.25, 0.3) is 0 Å². The number of nitrogens with zero attached hydrogens (tertiary/aromatic N) is 2. The molecular formula is C12H15N3O3. The van der Waals surface area contributed by atoms with Crippen LogP contribution in [-0.4, -0.2) is 28.3 Å². The van der Waals surface area contributed by atoms with E-state index in [-0.39, 0.29) is 11.6 Å². The molecule has 18 heavy (non-hydrogen) atoms. The molecule has 6 heteroatoms. The Hall–Kier alpha value is -1.95. The molecule has 0 spiro atoms. The second-order valence-corrected chi connectivity index (χ2v) is 4.44. The summed E-state index contributed by atoms with van der Waals surface area (Å²) in [5.74, 6) is -0.0762. The number of nitro groups is 1. The summed E-state index contributed by atoms with van der Waals surface area (Å²) in [7, 11) is 0. The van der Waals surface area contributed by atoms with Gasteiger partial charge in [0.1, 0.15) is 0 Å². The van der Waals surface area contributed by atoms with Gasteiger partial charge in [-0.15, -0.1) is 0 Å². The van der Waals surface area contributed by atoms with E-state index in [9.17, 15) is 14.9 Å². The van der Waals surface area contributed by atoms with Gasteiger partial charge in [0.25, 0.3) is 5.69 Å². The van der Waals surface area contributed by atoms with Crippen LogP contribution >= 0.6 is 0 Å². The van der Waals surface area contributed by atoms with Gasteiger partial charge in [-0.25, -0.2) is 0 Å². The first kappa shape index (κ1) is 12.5. The maximum atomic E-state index is 11.8. The molecule has 1 saturated heterocycles. The summed E-state index contributed by atoms with van der Waals surface area (Å²) in [5.41, 5.74) is 6.50. The molecule has 0 saturated carbocycles. The first-order chi connectivity index (χ1) is 8.58. The van der Waals surface area contributed by atoms with Crippen molar-refractivity contribution in [2.24, 2.45) is 5.73 Å². The van der Waals surface area contributed by atoms with E-state index < -0.39 is 11.0 Å². The molecule has 96 valence electrons. The Bertz CT molecular complexity index is 475. The molecule has 2 rings (SSSR count). The minimum Gasteiger partial charge on any atom is -0.337 e. The molecule has 0 radical (unpaired) electrons. The summed E-state index contributed by atoms with van der Waals surface area (Å²) in [5, 5.41) is 10.7. The van der Waals surface area contributed by atoms with Gasteiger partial charge in [0.05, 0.1) is 11.0 Å². The van der Waals surface area contributed by atoms with Crippen LogP contribution in [-0.2, 0) is 11.3 Å². The Morgan fingerprint density at radius 3 is 3.00 bits per heavy atom. The molecule has 1 aromatic carbocycles. The minimum atomic E-state index is -0.437. The first-order valence-corrected chi connectivity index (χ1v) is 5.85. The monoisotopic (exact) mass is 249 g/mol. The summed E-state index contributed by atoms with van der Waals surface area (Å²) in [6.45, 7) is 1.05. The van der Waals surface area contributed by atoms with Gasteiger partial charge >= 0.3 is 0 Å². The molecule has 1 aliphatic rings. The van der Waals surface area contributed by atoms with Crippen molar-refractivity contribution in [3.63, 3.8) is 0 Å². The van der Waals surface area contributed by atoms with Crippen molar-refractivity contribution < 1.29 is 9.72 Å². The summed E-state index contributed by atoms with van der Waals surface area (Å²) in [6.07, 6.45) is 1.59. The van der Waals surface area contributed by atoms with Crippen molar-refractivity contribution in [1.82, 2.24) is 4.90 Å². The van der Waals surface area contributed by atoms with Crippen LogP contribution in [0.2, 0.25) is 0 Å². The molecule has 0 aromatic heterocycles. The van der Waals surface area contributed by atoms with Gasteiger partial charge in [-0.2, -0.15) is 0 Å². The zero-order valence-corrected chi connectivity index (χ0v) is 9.91. The van der Waals surface area contributed by atoms with E-state index in [2.05, 4.69) is 0 Å². The number of non-ortho nitro benzene ring substituents is 1. The van der Waals surface area contributed by atoms with Crippen LogP contribution < -0.4 is 5.73 Å². The number of carbonyl (C=O) groups excluding carboxylic acids is 1. The van der Waals surface area contributed by atoms with Crippen molar-refractivity contribution in [3.8, 4) is 0 Å². The van der Waals surface area contributed by atoms with Crippen molar-refractivity contribution in [2.75, 3.05) is 6.54 Å². The van der Waals surface area contributed by atoms with E-state index >= 15 is 0 Å². The zero-order chi connectivity index (χ0) is 13.1. The van der Waals surface area contributed by atoms with E-state index in [1.165, 1.54) is 12.1 Å². The smallest absolute Gasteiger partial charge is 0.269 e. The number of likely N-dealkylation sites (tertiary alicyclic amines) is 1. The average molecular weight is 249 g/mol. The molecule has 0 aliphatic carbocycles. The van der Waals surface area contributed by atoms with E-state index in [0.717, 1.165) is 12.0 Å². The first-order valence-electron chi connectivity index (χ1n) is 5.85. The van der Waals surface area contributed by atoms with Gasteiger partial charge in [-0.1, -0.05) is 12.1 Å². The van der Waals surface area contributed by atoms with Crippen LogP contribution in [0.3, 0.4) is 0 Å². The Labute approximate surface area is 105 Å². The lowest BCUT2D eigenvalue weighted by atomic mass is 10.0. The number of hydrogen-bond acceptors (Lipinski definition) is 4. The number of nitrogens with two attached hydrogens (primary N) is 1. The third-order valence-electron chi connectivity index (χ3n) is 3.07. The van der Waals surface area contributed by atoms with E-state index in [4.69, 9.17) is 5.73 Å². The number of nitro benzene ring substituents is 1. The lowest BCUT2D eigenvalue weighted by molar-refractivity contribution is -0.384. The fourth-order valence-electron chi connectivity index (χ4n) is 2.12. The molecule has 2 N–H and O–H groups in total. The number of piperidine rings is 1. The van der Waals surface area contributed by atoms with Crippen LogP contribution in [0.5, 0.6) is 0 Å². The summed E-state index contributed by atoms with van der Waals surface area (Å²) < 4.78 is 0. The SMILES string of the molecule is NC1CCCN(Cc2cccc([N+](=O)[O-])c2)C1=O. The molecule has 1 aliphatic heterocycles. The van der Waals surface area contributed by atoms with Gasteiger partial charge in [0.2, 0.25) is 5.91 Å². The Morgan fingerprint density at radius 1 is 1.50 bits per heavy atom.